The SMILES string of the molecule is CC(=O)Nc1ccccc1-c1nc2ccc([N+](=O)[O-])cc2o1. The van der Waals surface area contributed by atoms with Gasteiger partial charge in [-0.1, -0.05) is 12.1 Å². The lowest BCUT2D eigenvalue weighted by Gasteiger charge is -2.05. The van der Waals surface area contributed by atoms with E-state index in [-0.39, 0.29) is 11.6 Å². The molecule has 22 heavy (non-hydrogen) atoms. The van der Waals surface area contributed by atoms with Crippen LogP contribution in [0.4, 0.5) is 11.4 Å². The maximum absolute atomic E-state index is 11.3. The highest BCUT2D eigenvalue weighted by Crippen LogP contribution is 2.31. The summed E-state index contributed by atoms with van der Waals surface area (Å²) in [6, 6.07) is 11.3. The maximum Gasteiger partial charge on any atom is 0.273 e. The fourth-order valence-electron chi connectivity index (χ4n) is 2.11. The van der Waals surface area contributed by atoms with Gasteiger partial charge in [-0.2, -0.15) is 0 Å². The molecule has 0 unspecified atom stereocenters. The van der Waals surface area contributed by atoms with Gasteiger partial charge in [0.1, 0.15) is 5.52 Å². The Balaban J connectivity index is 2.11. The van der Waals surface area contributed by atoms with Gasteiger partial charge in [0.2, 0.25) is 11.8 Å². The fourth-order valence-corrected chi connectivity index (χ4v) is 2.11. The van der Waals surface area contributed by atoms with Gasteiger partial charge in [0, 0.05) is 13.0 Å². The molecule has 3 aromatic rings. The number of anilines is 1. The van der Waals surface area contributed by atoms with E-state index in [0.717, 1.165) is 0 Å². The van der Waals surface area contributed by atoms with Crippen LogP contribution in [0.3, 0.4) is 0 Å². The zero-order valence-electron chi connectivity index (χ0n) is 11.6. The van der Waals surface area contributed by atoms with Gasteiger partial charge in [0.05, 0.1) is 22.2 Å². The number of nitrogens with one attached hydrogen (secondary N) is 1. The summed E-state index contributed by atoms with van der Waals surface area (Å²) in [5.74, 6) is 0.0825. The van der Waals surface area contributed by atoms with Crippen molar-refractivity contribution in [2.75, 3.05) is 5.32 Å². The first-order chi connectivity index (χ1) is 10.5. The number of oxazole rings is 1. The minimum absolute atomic E-state index is 0.0645. The van der Waals surface area contributed by atoms with Crippen molar-refractivity contribution in [3.63, 3.8) is 0 Å². The highest BCUT2D eigenvalue weighted by atomic mass is 16.6. The van der Waals surface area contributed by atoms with Gasteiger partial charge in [0.25, 0.3) is 5.69 Å². The molecule has 2 aromatic carbocycles. The van der Waals surface area contributed by atoms with Crippen molar-refractivity contribution in [2.24, 2.45) is 0 Å². The summed E-state index contributed by atoms with van der Waals surface area (Å²) >= 11 is 0. The van der Waals surface area contributed by atoms with Crippen molar-refractivity contribution in [3.05, 3.63) is 52.6 Å². The standard InChI is InChI=1S/C15H11N3O4/c1-9(19)16-12-5-3-2-4-11(12)15-17-13-7-6-10(18(20)21)8-14(13)22-15/h2-8H,1H3,(H,16,19). The van der Waals surface area contributed by atoms with Crippen LogP contribution in [0.1, 0.15) is 6.92 Å². The van der Waals surface area contributed by atoms with Gasteiger partial charge in [-0.15, -0.1) is 0 Å². The Labute approximate surface area is 124 Å². The molecular weight excluding hydrogens is 286 g/mol. The van der Waals surface area contributed by atoms with Gasteiger partial charge >= 0.3 is 0 Å². The van der Waals surface area contributed by atoms with Crippen LogP contribution >= 0.6 is 0 Å². The first-order valence-corrected chi connectivity index (χ1v) is 6.46. The molecule has 7 nitrogen and oxygen atoms in total. The molecule has 110 valence electrons. The molecule has 0 spiro atoms. The van der Waals surface area contributed by atoms with Crippen molar-refractivity contribution in [3.8, 4) is 11.5 Å². The largest absolute Gasteiger partial charge is 0.436 e. The second kappa shape index (κ2) is 5.28. The first kappa shape index (κ1) is 13.7. The van der Waals surface area contributed by atoms with Crippen LogP contribution in [-0.2, 0) is 4.79 Å². The van der Waals surface area contributed by atoms with Crippen LogP contribution in [-0.4, -0.2) is 15.8 Å². The van der Waals surface area contributed by atoms with Crippen LogP contribution in [0.15, 0.2) is 46.9 Å². The number of nitro groups is 1. The molecule has 0 aliphatic heterocycles. The molecule has 0 fully saturated rings. The van der Waals surface area contributed by atoms with Crippen molar-refractivity contribution in [2.45, 2.75) is 6.92 Å². The molecule has 1 amide bonds. The van der Waals surface area contributed by atoms with Crippen molar-refractivity contribution < 1.29 is 14.1 Å². The van der Waals surface area contributed by atoms with E-state index in [9.17, 15) is 14.9 Å². The average Bonchev–Trinajstić information content (AvgIpc) is 2.89. The number of non-ortho nitro benzene ring substituents is 1. The van der Waals surface area contributed by atoms with E-state index in [4.69, 9.17) is 4.42 Å². The molecule has 1 heterocycles. The van der Waals surface area contributed by atoms with Gasteiger partial charge in [-0.3, -0.25) is 14.9 Å². The molecule has 0 bridgehead atoms. The first-order valence-electron chi connectivity index (χ1n) is 6.46. The van der Waals surface area contributed by atoms with Crippen molar-refractivity contribution in [1.29, 1.82) is 0 Å². The molecule has 0 aliphatic carbocycles. The minimum atomic E-state index is -0.493. The quantitative estimate of drug-likeness (QED) is 0.590. The van der Waals surface area contributed by atoms with Crippen LogP contribution in [0.5, 0.6) is 0 Å². The minimum Gasteiger partial charge on any atom is -0.436 e. The fraction of sp³-hybridized carbons (Fsp3) is 0.0667. The molecular formula is C15H11N3O4. The number of hydrogen-bond donors (Lipinski definition) is 1. The summed E-state index contributed by atoms with van der Waals surface area (Å²) in [6.45, 7) is 1.41. The van der Waals surface area contributed by atoms with Gasteiger partial charge in [0.15, 0.2) is 5.58 Å². The third-order valence-corrected chi connectivity index (χ3v) is 3.05. The number of nitrogens with zero attached hydrogens (tertiary/aromatic N) is 2. The smallest absolute Gasteiger partial charge is 0.273 e. The summed E-state index contributed by atoms with van der Waals surface area (Å²) < 4.78 is 5.60. The second-order valence-corrected chi connectivity index (χ2v) is 4.65. The van der Waals surface area contributed by atoms with Crippen molar-refractivity contribution >= 4 is 28.4 Å². The van der Waals surface area contributed by atoms with Gasteiger partial charge in [-0.05, 0) is 18.2 Å². The molecule has 1 N–H and O–H groups in total. The Morgan fingerprint density at radius 2 is 2.05 bits per heavy atom. The van der Waals surface area contributed by atoms with Crippen LogP contribution < -0.4 is 5.32 Å². The molecule has 0 aliphatic rings. The molecule has 0 saturated heterocycles. The van der Waals surface area contributed by atoms with E-state index in [2.05, 4.69) is 10.3 Å². The average molecular weight is 297 g/mol. The number of hydrogen-bond acceptors (Lipinski definition) is 5. The Morgan fingerprint density at radius 1 is 1.27 bits per heavy atom. The monoisotopic (exact) mass is 297 g/mol. The van der Waals surface area contributed by atoms with Gasteiger partial charge < -0.3 is 9.73 Å². The third-order valence-electron chi connectivity index (χ3n) is 3.05. The normalized spacial score (nSPS) is 10.6. The van der Waals surface area contributed by atoms with E-state index >= 15 is 0 Å². The molecule has 0 radical (unpaired) electrons. The Kier molecular flexibility index (Phi) is 3.30. The number of aromatic nitrogens is 1. The van der Waals surface area contributed by atoms with E-state index in [1.54, 1.807) is 24.3 Å². The summed E-state index contributed by atoms with van der Waals surface area (Å²) in [4.78, 5) is 25.9. The topological polar surface area (TPSA) is 98.3 Å². The van der Waals surface area contributed by atoms with Gasteiger partial charge in [-0.25, -0.2) is 4.98 Å². The Hall–Kier alpha value is -3.22. The van der Waals surface area contributed by atoms with Crippen LogP contribution in [0, 0.1) is 10.1 Å². The van der Waals surface area contributed by atoms with Crippen LogP contribution in [0.25, 0.3) is 22.6 Å². The second-order valence-electron chi connectivity index (χ2n) is 4.65. The highest BCUT2D eigenvalue weighted by Gasteiger charge is 2.15. The van der Waals surface area contributed by atoms with Crippen molar-refractivity contribution in [1.82, 2.24) is 4.98 Å². The van der Waals surface area contributed by atoms with Crippen LogP contribution in [0.2, 0.25) is 0 Å². The summed E-state index contributed by atoms with van der Waals surface area (Å²) in [5, 5.41) is 13.5. The number of fused-ring (bicyclic) bond motifs is 1. The molecule has 3 rings (SSSR count). The number of rotatable bonds is 3. The Bertz CT molecular complexity index is 885. The third kappa shape index (κ3) is 2.51. The molecule has 0 saturated carbocycles. The number of benzene rings is 2. The van der Waals surface area contributed by atoms with E-state index in [0.29, 0.717) is 28.2 Å². The maximum atomic E-state index is 11.3. The van der Waals surface area contributed by atoms with E-state index in [1.165, 1.54) is 25.1 Å². The number of amides is 1. The zero-order chi connectivity index (χ0) is 15.7. The number of para-hydroxylation sites is 1. The predicted octanol–water partition coefficient (Wildman–Crippen LogP) is 3.36. The lowest BCUT2D eigenvalue weighted by atomic mass is 10.2. The molecule has 7 heteroatoms. The lowest BCUT2D eigenvalue weighted by molar-refractivity contribution is -0.384. The summed E-state index contributed by atoms with van der Waals surface area (Å²) in [5.41, 5.74) is 1.94. The highest BCUT2D eigenvalue weighted by molar-refractivity contribution is 5.93. The zero-order valence-corrected chi connectivity index (χ0v) is 11.6. The number of nitro benzene ring substituents is 1. The number of carbonyl (C=O) groups is 1. The number of carbonyl (C=O) groups excluding carboxylic acids is 1. The Morgan fingerprint density at radius 3 is 2.77 bits per heavy atom. The summed E-state index contributed by atoms with van der Waals surface area (Å²) in [6.07, 6.45) is 0. The molecule has 1 aromatic heterocycles. The molecule has 0 atom stereocenters. The summed E-state index contributed by atoms with van der Waals surface area (Å²) in [7, 11) is 0. The predicted molar refractivity (Wildman–Crippen MR) is 80.4 cm³/mol. The van der Waals surface area contributed by atoms with E-state index in [1.807, 2.05) is 0 Å². The lowest BCUT2D eigenvalue weighted by Crippen LogP contribution is -2.06. The van der Waals surface area contributed by atoms with E-state index < -0.39 is 4.92 Å².